The van der Waals surface area contributed by atoms with Crippen LogP contribution in [0.2, 0.25) is 0 Å². The molecule has 0 radical (unpaired) electrons. The number of sulfonamides is 1. The van der Waals surface area contributed by atoms with Gasteiger partial charge in [-0.15, -0.1) is 0 Å². The minimum atomic E-state index is -3.54. The lowest BCUT2D eigenvalue weighted by molar-refractivity contribution is 0.292. The molecule has 20 heavy (non-hydrogen) atoms. The molecule has 0 unspecified atom stereocenters. The summed E-state index contributed by atoms with van der Waals surface area (Å²) in [5.74, 6) is 0.361. The molecule has 2 N–H and O–H groups in total. The Morgan fingerprint density at radius 3 is 2.35 bits per heavy atom. The number of hydrogen-bond acceptors (Lipinski definition) is 5. The number of anilines is 1. The Bertz CT molecular complexity index is 536. The number of nitrogens with zero attached hydrogens (tertiary/aromatic N) is 3. The molecule has 0 atom stereocenters. The second kappa shape index (κ2) is 6.05. The number of rotatable bonds is 5. The predicted molar refractivity (Wildman–Crippen MR) is 77.4 cm³/mol. The summed E-state index contributed by atoms with van der Waals surface area (Å²) in [5, 5.41) is 0. The summed E-state index contributed by atoms with van der Waals surface area (Å²) < 4.78 is 27.2. The Hall–Kier alpha value is -1.21. The van der Waals surface area contributed by atoms with Gasteiger partial charge in [0.2, 0.25) is 16.0 Å². The first-order valence-corrected chi connectivity index (χ1v) is 8.44. The van der Waals surface area contributed by atoms with E-state index in [2.05, 4.69) is 9.97 Å². The number of hydrogen-bond donors (Lipinski definition) is 1. The summed E-state index contributed by atoms with van der Waals surface area (Å²) in [5.41, 5.74) is 5.42. The van der Waals surface area contributed by atoms with E-state index in [0.717, 1.165) is 25.7 Å². The average Bonchev–Trinajstić information content (AvgIpc) is 2.89. The first-order valence-electron chi connectivity index (χ1n) is 7.00. The van der Waals surface area contributed by atoms with Crippen LogP contribution in [0.4, 0.5) is 5.95 Å². The standard InChI is InChI=1S/C13H22N4O2S/c1-10(2)9-17(11-5-3-4-6-11)20(18,19)12-7-15-13(14)16-8-12/h7-8,10-11H,3-6,9H2,1-2H3,(H2,14,15,16). The van der Waals surface area contributed by atoms with Gasteiger partial charge in [-0.2, -0.15) is 4.31 Å². The van der Waals surface area contributed by atoms with Crippen LogP contribution in [0.25, 0.3) is 0 Å². The van der Waals surface area contributed by atoms with Crippen LogP contribution in [-0.2, 0) is 10.0 Å². The van der Waals surface area contributed by atoms with E-state index < -0.39 is 10.0 Å². The van der Waals surface area contributed by atoms with Gasteiger partial charge < -0.3 is 5.73 Å². The van der Waals surface area contributed by atoms with Crippen molar-refractivity contribution in [1.82, 2.24) is 14.3 Å². The largest absolute Gasteiger partial charge is 0.368 e. The Morgan fingerprint density at radius 2 is 1.85 bits per heavy atom. The van der Waals surface area contributed by atoms with E-state index in [1.54, 1.807) is 4.31 Å². The Labute approximate surface area is 120 Å². The fraction of sp³-hybridized carbons (Fsp3) is 0.692. The van der Waals surface area contributed by atoms with E-state index in [-0.39, 0.29) is 22.8 Å². The first-order chi connectivity index (χ1) is 9.41. The van der Waals surface area contributed by atoms with Crippen molar-refractivity contribution >= 4 is 16.0 Å². The Morgan fingerprint density at radius 1 is 1.30 bits per heavy atom. The van der Waals surface area contributed by atoms with E-state index in [9.17, 15) is 8.42 Å². The predicted octanol–water partition coefficient (Wildman–Crippen LogP) is 1.65. The van der Waals surface area contributed by atoms with Gasteiger partial charge in [0.25, 0.3) is 0 Å². The van der Waals surface area contributed by atoms with Crippen molar-refractivity contribution in [3.05, 3.63) is 12.4 Å². The molecule has 0 amide bonds. The fourth-order valence-corrected chi connectivity index (χ4v) is 4.33. The molecule has 0 saturated heterocycles. The van der Waals surface area contributed by atoms with Crippen molar-refractivity contribution in [2.45, 2.75) is 50.5 Å². The maximum atomic E-state index is 12.8. The lowest BCUT2D eigenvalue weighted by Crippen LogP contribution is -2.41. The minimum Gasteiger partial charge on any atom is -0.368 e. The zero-order chi connectivity index (χ0) is 14.8. The monoisotopic (exact) mass is 298 g/mol. The summed E-state index contributed by atoms with van der Waals surface area (Å²) in [6.07, 6.45) is 6.63. The third kappa shape index (κ3) is 3.27. The van der Waals surface area contributed by atoms with Gasteiger partial charge in [0.15, 0.2) is 0 Å². The number of aromatic nitrogens is 2. The van der Waals surface area contributed by atoms with Gasteiger partial charge in [-0.3, -0.25) is 0 Å². The lowest BCUT2D eigenvalue weighted by atomic mass is 10.2. The molecule has 0 aromatic carbocycles. The van der Waals surface area contributed by atoms with Gasteiger partial charge in [0, 0.05) is 12.6 Å². The average molecular weight is 298 g/mol. The minimum absolute atomic E-state index is 0.0835. The molecular weight excluding hydrogens is 276 g/mol. The van der Waals surface area contributed by atoms with E-state index in [4.69, 9.17) is 5.73 Å². The van der Waals surface area contributed by atoms with Crippen LogP contribution in [0.1, 0.15) is 39.5 Å². The highest BCUT2D eigenvalue weighted by Crippen LogP contribution is 2.29. The molecule has 0 spiro atoms. The molecule has 6 nitrogen and oxygen atoms in total. The normalized spacial score (nSPS) is 17.2. The second-order valence-electron chi connectivity index (χ2n) is 5.68. The van der Waals surface area contributed by atoms with Gasteiger partial charge in [-0.25, -0.2) is 18.4 Å². The van der Waals surface area contributed by atoms with Crippen molar-refractivity contribution in [1.29, 1.82) is 0 Å². The van der Waals surface area contributed by atoms with Gasteiger partial charge in [0.05, 0.1) is 12.4 Å². The Kier molecular flexibility index (Phi) is 4.59. The molecule has 1 saturated carbocycles. The van der Waals surface area contributed by atoms with Crippen molar-refractivity contribution in [2.24, 2.45) is 5.92 Å². The van der Waals surface area contributed by atoms with E-state index in [1.165, 1.54) is 12.4 Å². The zero-order valence-electron chi connectivity index (χ0n) is 12.0. The molecule has 1 aliphatic rings. The molecule has 1 aliphatic carbocycles. The zero-order valence-corrected chi connectivity index (χ0v) is 12.8. The molecule has 0 bridgehead atoms. The van der Waals surface area contributed by atoms with Crippen molar-refractivity contribution in [2.75, 3.05) is 12.3 Å². The summed E-state index contributed by atoms with van der Waals surface area (Å²) in [6.45, 7) is 4.57. The van der Waals surface area contributed by atoms with E-state index >= 15 is 0 Å². The summed E-state index contributed by atoms with van der Waals surface area (Å²) >= 11 is 0. The van der Waals surface area contributed by atoms with Crippen LogP contribution in [-0.4, -0.2) is 35.3 Å². The first kappa shape index (κ1) is 15.2. The topological polar surface area (TPSA) is 89.2 Å². The molecule has 1 aromatic heterocycles. The van der Waals surface area contributed by atoms with Crippen LogP contribution < -0.4 is 5.73 Å². The van der Waals surface area contributed by atoms with Crippen molar-refractivity contribution < 1.29 is 8.42 Å². The third-order valence-electron chi connectivity index (χ3n) is 3.53. The third-order valence-corrected chi connectivity index (χ3v) is 5.40. The molecule has 7 heteroatoms. The maximum absolute atomic E-state index is 12.8. The maximum Gasteiger partial charge on any atom is 0.246 e. The van der Waals surface area contributed by atoms with E-state index in [0.29, 0.717) is 6.54 Å². The van der Waals surface area contributed by atoms with Crippen molar-refractivity contribution in [3.63, 3.8) is 0 Å². The summed E-state index contributed by atoms with van der Waals surface area (Å²) in [4.78, 5) is 7.71. The highest BCUT2D eigenvalue weighted by atomic mass is 32.2. The number of nitrogen functional groups attached to an aromatic ring is 1. The SMILES string of the molecule is CC(C)CN(C1CCCC1)S(=O)(=O)c1cnc(N)nc1. The molecule has 2 rings (SSSR count). The van der Waals surface area contributed by atoms with Gasteiger partial charge in [-0.05, 0) is 18.8 Å². The second-order valence-corrected chi connectivity index (χ2v) is 7.57. The number of nitrogens with two attached hydrogens (primary N) is 1. The quantitative estimate of drug-likeness (QED) is 0.892. The summed E-state index contributed by atoms with van der Waals surface area (Å²) in [6, 6.07) is 0.0972. The van der Waals surface area contributed by atoms with Crippen LogP contribution in [0.15, 0.2) is 17.3 Å². The smallest absolute Gasteiger partial charge is 0.246 e. The van der Waals surface area contributed by atoms with Crippen molar-refractivity contribution in [3.8, 4) is 0 Å². The van der Waals surface area contributed by atoms with Crippen LogP contribution in [0.5, 0.6) is 0 Å². The highest BCUT2D eigenvalue weighted by molar-refractivity contribution is 7.89. The van der Waals surface area contributed by atoms with E-state index in [1.807, 2.05) is 13.8 Å². The highest BCUT2D eigenvalue weighted by Gasteiger charge is 2.33. The Balaban J connectivity index is 2.32. The van der Waals surface area contributed by atoms with Gasteiger partial charge >= 0.3 is 0 Å². The van der Waals surface area contributed by atoms with Crippen LogP contribution in [0, 0.1) is 5.92 Å². The van der Waals surface area contributed by atoms with Crippen LogP contribution in [0.3, 0.4) is 0 Å². The fourth-order valence-electron chi connectivity index (χ4n) is 2.59. The summed E-state index contributed by atoms with van der Waals surface area (Å²) in [7, 11) is -3.54. The lowest BCUT2D eigenvalue weighted by Gasteiger charge is -2.29. The molecule has 0 aliphatic heterocycles. The van der Waals surface area contributed by atoms with Crippen LogP contribution >= 0.6 is 0 Å². The van der Waals surface area contributed by atoms with Gasteiger partial charge in [0.1, 0.15) is 4.90 Å². The molecule has 112 valence electrons. The van der Waals surface area contributed by atoms with Gasteiger partial charge in [-0.1, -0.05) is 26.7 Å². The molecule has 1 fully saturated rings. The molecular formula is C13H22N4O2S. The molecule has 1 aromatic rings. The molecule has 1 heterocycles.